The third kappa shape index (κ3) is 2.46. The van der Waals surface area contributed by atoms with Crippen LogP contribution in [0.3, 0.4) is 0 Å². The lowest BCUT2D eigenvalue weighted by atomic mass is 9.91. The molecule has 3 atom stereocenters. The van der Waals surface area contributed by atoms with Gasteiger partial charge in [-0.3, -0.25) is 0 Å². The summed E-state index contributed by atoms with van der Waals surface area (Å²) in [5.41, 5.74) is 0.777. The number of nitrogens with one attached hydrogen (secondary N) is 1. The van der Waals surface area contributed by atoms with Crippen molar-refractivity contribution in [2.75, 3.05) is 13.2 Å². The summed E-state index contributed by atoms with van der Waals surface area (Å²) in [5, 5.41) is 5.26. The van der Waals surface area contributed by atoms with Gasteiger partial charge in [-0.05, 0) is 32.0 Å². The Labute approximate surface area is 124 Å². The van der Waals surface area contributed by atoms with E-state index in [0.29, 0.717) is 10.9 Å². The highest BCUT2D eigenvalue weighted by Gasteiger charge is 2.34. The monoisotopic (exact) mass is 293 g/mol. The lowest BCUT2D eigenvalue weighted by Gasteiger charge is -2.24. The van der Waals surface area contributed by atoms with Crippen LogP contribution in [-0.4, -0.2) is 19.3 Å². The fourth-order valence-electron chi connectivity index (χ4n) is 3.07. The van der Waals surface area contributed by atoms with Crippen LogP contribution in [-0.2, 0) is 4.74 Å². The molecule has 0 spiro atoms. The van der Waals surface area contributed by atoms with Gasteiger partial charge in [-0.2, -0.15) is 0 Å². The predicted octanol–water partition coefficient (Wildman–Crippen LogP) is 4.16. The number of hydrogen-bond donors (Lipinski definition) is 1. The average molecular weight is 294 g/mol. The van der Waals surface area contributed by atoms with Gasteiger partial charge in [-0.15, -0.1) is 0 Å². The van der Waals surface area contributed by atoms with Crippen molar-refractivity contribution in [3.05, 3.63) is 35.0 Å². The zero-order chi connectivity index (χ0) is 14.1. The van der Waals surface area contributed by atoms with Gasteiger partial charge in [-0.1, -0.05) is 30.7 Å². The second kappa shape index (κ2) is 5.76. The molecule has 3 unspecified atom stereocenters. The van der Waals surface area contributed by atoms with Crippen LogP contribution in [0.2, 0.25) is 5.02 Å². The summed E-state index contributed by atoms with van der Waals surface area (Å²) in [6.45, 7) is 5.98. The highest BCUT2D eigenvalue weighted by atomic mass is 35.5. The van der Waals surface area contributed by atoms with E-state index in [1.165, 1.54) is 0 Å². The number of halogens is 1. The van der Waals surface area contributed by atoms with Crippen LogP contribution in [0.4, 0.5) is 0 Å². The van der Waals surface area contributed by atoms with Gasteiger partial charge in [0.25, 0.3) is 0 Å². The summed E-state index contributed by atoms with van der Waals surface area (Å²) in [6, 6.07) is 8.13. The molecule has 1 fully saturated rings. The van der Waals surface area contributed by atoms with Crippen molar-refractivity contribution in [2.24, 2.45) is 5.92 Å². The molecule has 1 N–H and O–H groups in total. The quantitative estimate of drug-likeness (QED) is 0.919. The molecule has 1 saturated heterocycles. The van der Waals surface area contributed by atoms with Gasteiger partial charge in [0, 0.05) is 17.9 Å². The third-order valence-electron chi connectivity index (χ3n) is 4.11. The Hall–Kier alpha value is -1.03. The Balaban J connectivity index is 1.98. The smallest absolute Gasteiger partial charge is 0.152 e. The molecule has 1 aromatic heterocycles. The van der Waals surface area contributed by atoms with Gasteiger partial charge in [0.2, 0.25) is 0 Å². The zero-order valence-corrected chi connectivity index (χ0v) is 12.6. The van der Waals surface area contributed by atoms with Crippen molar-refractivity contribution in [2.45, 2.75) is 32.4 Å². The molecular weight excluding hydrogens is 274 g/mol. The summed E-state index contributed by atoms with van der Waals surface area (Å²) >= 11 is 6.20. The fourth-order valence-corrected chi connectivity index (χ4v) is 3.29. The molecular formula is C16H20ClNO2. The van der Waals surface area contributed by atoms with Crippen LogP contribution in [0.1, 0.15) is 32.1 Å². The first-order valence-electron chi connectivity index (χ1n) is 7.23. The summed E-state index contributed by atoms with van der Waals surface area (Å²) < 4.78 is 11.7. The molecule has 0 radical (unpaired) electrons. The molecule has 0 aliphatic carbocycles. The molecule has 3 rings (SSSR count). The molecule has 0 bridgehead atoms. The molecule has 0 amide bonds. The minimum atomic E-state index is 0.181. The number of para-hydroxylation sites is 1. The largest absolute Gasteiger partial charge is 0.458 e. The van der Waals surface area contributed by atoms with Gasteiger partial charge in [0.1, 0.15) is 5.76 Å². The zero-order valence-electron chi connectivity index (χ0n) is 11.9. The Morgan fingerprint density at radius 2 is 2.30 bits per heavy atom. The van der Waals surface area contributed by atoms with Gasteiger partial charge in [0.05, 0.1) is 17.2 Å². The summed E-state index contributed by atoms with van der Waals surface area (Å²) in [4.78, 5) is 0. The van der Waals surface area contributed by atoms with E-state index in [9.17, 15) is 0 Å². The van der Waals surface area contributed by atoms with Gasteiger partial charge in [-0.25, -0.2) is 0 Å². The minimum absolute atomic E-state index is 0.181. The normalized spacial score (nSPS) is 24.4. The molecule has 1 aliphatic heterocycles. The SMILES string of the molecule is CCNC(c1cc2cccc(Cl)c2o1)C1CCOC1C. The van der Waals surface area contributed by atoms with Crippen LogP contribution >= 0.6 is 11.6 Å². The Morgan fingerprint density at radius 1 is 1.45 bits per heavy atom. The standard InChI is InChI=1S/C16H20ClNO2/c1-3-18-15(12-7-8-19-10(12)2)14-9-11-5-4-6-13(17)16(11)20-14/h4-6,9-10,12,15,18H,3,7-8H2,1-2H3. The van der Waals surface area contributed by atoms with Crippen LogP contribution in [0.15, 0.2) is 28.7 Å². The van der Waals surface area contributed by atoms with Crippen molar-refractivity contribution in [1.29, 1.82) is 0 Å². The maximum Gasteiger partial charge on any atom is 0.152 e. The third-order valence-corrected chi connectivity index (χ3v) is 4.41. The Kier molecular flexibility index (Phi) is 4.01. The van der Waals surface area contributed by atoms with E-state index >= 15 is 0 Å². The van der Waals surface area contributed by atoms with E-state index in [2.05, 4.69) is 25.2 Å². The van der Waals surface area contributed by atoms with E-state index in [0.717, 1.165) is 36.3 Å². The lowest BCUT2D eigenvalue weighted by Crippen LogP contribution is -2.31. The fraction of sp³-hybridized carbons (Fsp3) is 0.500. The first kappa shape index (κ1) is 13.9. The number of hydrogen-bond acceptors (Lipinski definition) is 3. The molecule has 1 aromatic carbocycles. The first-order valence-corrected chi connectivity index (χ1v) is 7.61. The molecule has 2 heterocycles. The molecule has 4 heteroatoms. The number of furan rings is 1. The highest BCUT2D eigenvalue weighted by Crippen LogP contribution is 2.37. The van der Waals surface area contributed by atoms with Crippen LogP contribution in [0.5, 0.6) is 0 Å². The second-order valence-corrected chi connectivity index (χ2v) is 5.78. The van der Waals surface area contributed by atoms with E-state index in [-0.39, 0.29) is 12.1 Å². The van der Waals surface area contributed by atoms with Crippen LogP contribution in [0, 0.1) is 5.92 Å². The topological polar surface area (TPSA) is 34.4 Å². The van der Waals surface area contributed by atoms with E-state index < -0.39 is 0 Å². The van der Waals surface area contributed by atoms with Gasteiger partial charge in [0.15, 0.2) is 5.58 Å². The molecule has 0 saturated carbocycles. The minimum Gasteiger partial charge on any atom is -0.458 e. The predicted molar refractivity (Wildman–Crippen MR) is 81.2 cm³/mol. The maximum atomic E-state index is 6.20. The number of fused-ring (bicyclic) bond motifs is 1. The van der Waals surface area contributed by atoms with Crippen molar-refractivity contribution < 1.29 is 9.15 Å². The van der Waals surface area contributed by atoms with E-state index in [1.807, 2.05) is 18.2 Å². The second-order valence-electron chi connectivity index (χ2n) is 5.37. The van der Waals surface area contributed by atoms with Crippen molar-refractivity contribution >= 4 is 22.6 Å². The summed E-state index contributed by atoms with van der Waals surface area (Å²) in [6.07, 6.45) is 1.31. The maximum absolute atomic E-state index is 6.20. The molecule has 3 nitrogen and oxygen atoms in total. The van der Waals surface area contributed by atoms with Crippen LogP contribution < -0.4 is 5.32 Å². The average Bonchev–Trinajstić information content (AvgIpc) is 3.03. The van der Waals surface area contributed by atoms with E-state index in [4.69, 9.17) is 20.8 Å². The molecule has 108 valence electrons. The molecule has 20 heavy (non-hydrogen) atoms. The highest BCUT2D eigenvalue weighted by molar-refractivity contribution is 6.34. The van der Waals surface area contributed by atoms with Crippen molar-refractivity contribution in [3.63, 3.8) is 0 Å². The lowest BCUT2D eigenvalue weighted by molar-refractivity contribution is 0.0929. The Bertz CT molecular complexity index is 595. The summed E-state index contributed by atoms with van der Waals surface area (Å²) in [5.74, 6) is 1.39. The van der Waals surface area contributed by atoms with Crippen LogP contribution in [0.25, 0.3) is 11.0 Å². The molecule has 1 aliphatic rings. The van der Waals surface area contributed by atoms with Gasteiger partial charge < -0.3 is 14.5 Å². The Morgan fingerprint density at radius 3 is 2.95 bits per heavy atom. The first-order chi connectivity index (χ1) is 9.70. The van der Waals surface area contributed by atoms with Gasteiger partial charge >= 0.3 is 0 Å². The molecule has 2 aromatic rings. The van der Waals surface area contributed by atoms with Crippen molar-refractivity contribution in [3.8, 4) is 0 Å². The number of benzene rings is 1. The van der Waals surface area contributed by atoms with E-state index in [1.54, 1.807) is 0 Å². The van der Waals surface area contributed by atoms with Crippen molar-refractivity contribution in [1.82, 2.24) is 5.32 Å². The number of ether oxygens (including phenoxy) is 1. The summed E-state index contributed by atoms with van der Waals surface area (Å²) in [7, 11) is 0. The number of rotatable bonds is 4.